The van der Waals surface area contributed by atoms with E-state index in [4.69, 9.17) is 11.6 Å². The number of aromatic carboxylic acids is 1. The lowest BCUT2D eigenvalue weighted by Crippen LogP contribution is -2.03. The molecule has 1 fully saturated rings. The summed E-state index contributed by atoms with van der Waals surface area (Å²) in [7, 11) is 0. The summed E-state index contributed by atoms with van der Waals surface area (Å²) in [6, 6.07) is 5.97. The van der Waals surface area contributed by atoms with E-state index in [2.05, 4.69) is 5.10 Å². The number of carboxylic acid groups (broad SMARTS) is 1. The van der Waals surface area contributed by atoms with E-state index in [1.807, 2.05) is 0 Å². The van der Waals surface area contributed by atoms with Crippen molar-refractivity contribution in [2.45, 2.75) is 25.3 Å². The first-order valence-electron chi connectivity index (χ1n) is 6.30. The molecule has 4 nitrogen and oxygen atoms in total. The van der Waals surface area contributed by atoms with Gasteiger partial charge in [0.05, 0.1) is 12.2 Å². The van der Waals surface area contributed by atoms with Crippen LogP contribution in [0.2, 0.25) is 5.15 Å². The molecule has 104 valence electrons. The molecule has 0 radical (unpaired) electrons. The predicted molar refractivity (Wildman–Crippen MR) is 71.7 cm³/mol. The van der Waals surface area contributed by atoms with Gasteiger partial charge in [-0.15, -0.1) is 0 Å². The molecule has 0 unspecified atom stereocenters. The number of halogens is 2. The van der Waals surface area contributed by atoms with E-state index < -0.39 is 5.97 Å². The summed E-state index contributed by atoms with van der Waals surface area (Å²) < 4.78 is 14.3. The molecule has 0 bridgehead atoms. The van der Waals surface area contributed by atoms with Crippen LogP contribution in [0.4, 0.5) is 4.39 Å². The number of hydrogen-bond donors (Lipinski definition) is 1. The van der Waals surface area contributed by atoms with Crippen molar-refractivity contribution in [3.63, 3.8) is 0 Å². The van der Waals surface area contributed by atoms with Crippen molar-refractivity contribution >= 4 is 17.6 Å². The summed E-state index contributed by atoms with van der Waals surface area (Å²) in [4.78, 5) is 11.3. The second-order valence-electron chi connectivity index (χ2n) is 4.91. The Bertz CT molecular complexity index is 663. The van der Waals surface area contributed by atoms with Gasteiger partial charge in [0, 0.05) is 5.92 Å². The Morgan fingerprint density at radius 3 is 2.60 bits per heavy atom. The van der Waals surface area contributed by atoms with Crippen molar-refractivity contribution in [3.05, 3.63) is 52.1 Å². The molecular formula is C14H12ClFN2O2. The van der Waals surface area contributed by atoms with Crippen LogP contribution in [0.3, 0.4) is 0 Å². The highest BCUT2D eigenvalue weighted by molar-refractivity contribution is 6.32. The van der Waals surface area contributed by atoms with Crippen LogP contribution in [-0.2, 0) is 6.54 Å². The van der Waals surface area contributed by atoms with Crippen LogP contribution in [0.15, 0.2) is 24.3 Å². The standard InChI is InChI=1S/C14H12ClFN2O2/c15-13-11(14(19)20)12(9-3-4-9)17-18(13)7-8-1-5-10(16)6-2-8/h1-2,5-6,9H,3-4,7H2,(H,19,20). The highest BCUT2D eigenvalue weighted by atomic mass is 35.5. The highest BCUT2D eigenvalue weighted by Crippen LogP contribution is 2.42. The summed E-state index contributed by atoms with van der Waals surface area (Å²) in [5.74, 6) is -1.17. The molecule has 2 aromatic rings. The monoisotopic (exact) mass is 294 g/mol. The van der Waals surface area contributed by atoms with Gasteiger partial charge in [0.1, 0.15) is 16.5 Å². The number of aromatic nitrogens is 2. The first-order valence-corrected chi connectivity index (χ1v) is 6.68. The van der Waals surface area contributed by atoms with E-state index in [1.54, 1.807) is 12.1 Å². The molecule has 1 saturated carbocycles. The molecule has 1 aliphatic rings. The molecule has 0 amide bonds. The fourth-order valence-corrected chi connectivity index (χ4v) is 2.44. The lowest BCUT2D eigenvalue weighted by molar-refractivity contribution is 0.0695. The van der Waals surface area contributed by atoms with E-state index in [0.717, 1.165) is 18.4 Å². The minimum atomic E-state index is -1.05. The second-order valence-corrected chi connectivity index (χ2v) is 5.27. The number of rotatable bonds is 4. The van der Waals surface area contributed by atoms with E-state index in [1.165, 1.54) is 16.8 Å². The zero-order valence-corrected chi connectivity index (χ0v) is 11.3. The van der Waals surface area contributed by atoms with Crippen molar-refractivity contribution < 1.29 is 14.3 Å². The van der Waals surface area contributed by atoms with E-state index >= 15 is 0 Å². The summed E-state index contributed by atoms with van der Waals surface area (Å²) in [6.07, 6.45) is 1.90. The van der Waals surface area contributed by atoms with Crippen LogP contribution in [0, 0.1) is 5.82 Å². The third-order valence-corrected chi connectivity index (χ3v) is 3.73. The Morgan fingerprint density at radius 1 is 1.40 bits per heavy atom. The number of benzene rings is 1. The van der Waals surface area contributed by atoms with Gasteiger partial charge in [-0.2, -0.15) is 5.10 Å². The molecule has 3 rings (SSSR count). The second kappa shape index (κ2) is 4.90. The first-order chi connectivity index (χ1) is 9.56. The molecule has 1 aliphatic carbocycles. The van der Waals surface area contributed by atoms with Gasteiger partial charge < -0.3 is 5.11 Å². The normalized spacial score (nSPS) is 14.5. The maximum Gasteiger partial charge on any atom is 0.340 e. The molecule has 0 saturated heterocycles. The SMILES string of the molecule is O=C(O)c1c(C2CC2)nn(Cc2ccc(F)cc2)c1Cl. The molecular weight excluding hydrogens is 283 g/mol. The van der Waals surface area contributed by atoms with Crippen LogP contribution in [-0.4, -0.2) is 20.9 Å². The molecule has 20 heavy (non-hydrogen) atoms. The van der Waals surface area contributed by atoms with E-state index in [9.17, 15) is 14.3 Å². The largest absolute Gasteiger partial charge is 0.478 e. The average Bonchev–Trinajstić information content (AvgIpc) is 3.18. The topological polar surface area (TPSA) is 55.1 Å². The van der Waals surface area contributed by atoms with Crippen molar-refractivity contribution in [1.29, 1.82) is 0 Å². The summed E-state index contributed by atoms with van der Waals surface area (Å²) in [6.45, 7) is 0.326. The van der Waals surface area contributed by atoms with Gasteiger partial charge in [0.2, 0.25) is 0 Å². The Labute approximate surface area is 119 Å². The molecule has 1 N–H and O–H groups in total. The Balaban J connectivity index is 1.95. The summed E-state index contributed by atoms with van der Waals surface area (Å²) >= 11 is 6.12. The third-order valence-electron chi connectivity index (χ3n) is 3.34. The molecule has 0 spiro atoms. The lowest BCUT2D eigenvalue weighted by atomic mass is 10.2. The van der Waals surface area contributed by atoms with Gasteiger partial charge in [-0.25, -0.2) is 13.9 Å². The summed E-state index contributed by atoms with van der Waals surface area (Å²) in [5.41, 5.74) is 1.47. The van der Waals surface area contributed by atoms with E-state index in [0.29, 0.717) is 12.2 Å². The molecule has 0 aliphatic heterocycles. The van der Waals surface area contributed by atoms with Crippen LogP contribution in [0.5, 0.6) is 0 Å². The molecule has 0 atom stereocenters. The minimum absolute atomic E-state index is 0.0938. The molecule has 1 heterocycles. The molecule has 6 heteroatoms. The summed E-state index contributed by atoms with van der Waals surface area (Å²) in [5, 5.41) is 13.7. The Hall–Kier alpha value is -1.88. The third kappa shape index (κ3) is 2.41. The van der Waals surface area contributed by atoms with Crippen molar-refractivity contribution in [2.75, 3.05) is 0 Å². The minimum Gasteiger partial charge on any atom is -0.478 e. The van der Waals surface area contributed by atoms with Crippen molar-refractivity contribution in [2.24, 2.45) is 0 Å². The van der Waals surface area contributed by atoms with Gasteiger partial charge in [0.25, 0.3) is 0 Å². The number of hydrogen-bond acceptors (Lipinski definition) is 2. The van der Waals surface area contributed by atoms with Crippen LogP contribution >= 0.6 is 11.6 Å². The zero-order valence-electron chi connectivity index (χ0n) is 10.5. The van der Waals surface area contributed by atoms with Gasteiger partial charge in [-0.3, -0.25) is 0 Å². The number of carbonyl (C=O) groups is 1. The zero-order chi connectivity index (χ0) is 14.3. The first kappa shape index (κ1) is 13.1. The lowest BCUT2D eigenvalue weighted by Gasteiger charge is -2.03. The van der Waals surface area contributed by atoms with Crippen molar-refractivity contribution in [3.8, 4) is 0 Å². The average molecular weight is 295 g/mol. The Kier molecular flexibility index (Phi) is 3.22. The fourth-order valence-electron chi connectivity index (χ4n) is 2.17. The highest BCUT2D eigenvalue weighted by Gasteiger charge is 2.34. The predicted octanol–water partition coefficient (Wildman–Crippen LogP) is 3.30. The van der Waals surface area contributed by atoms with Crippen LogP contribution in [0.1, 0.15) is 40.4 Å². The maximum absolute atomic E-state index is 12.9. The molecule has 1 aromatic carbocycles. The number of carboxylic acids is 1. The molecule has 1 aromatic heterocycles. The fraction of sp³-hybridized carbons (Fsp3) is 0.286. The van der Waals surface area contributed by atoms with Crippen molar-refractivity contribution in [1.82, 2.24) is 9.78 Å². The maximum atomic E-state index is 12.9. The van der Waals surface area contributed by atoms with Gasteiger partial charge in [-0.1, -0.05) is 23.7 Å². The van der Waals surface area contributed by atoms with Gasteiger partial charge >= 0.3 is 5.97 Å². The van der Waals surface area contributed by atoms with Gasteiger partial charge in [0.15, 0.2) is 0 Å². The quantitative estimate of drug-likeness (QED) is 0.941. The smallest absolute Gasteiger partial charge is 0.340 e. The van der Waals surface area contributed by atoms with E-state index in [-0.39, 0.29) is 22.5 Å². The van der Waals surface area contributed by atoms with Crippen LogP contribution < -0.4 is 0 Å². The number of nitrogens with zero attached hydrogens (tertiary/aromatic N) is 2. The van der Waals surface area contributed by atoms with Crippen LogP contribution in [0.25, 0.3) is 0 Å². The Morgan fingerprint density at radius 2 is 2.05 bits per heavy atom. The van der Waals surface area contributed by atoms with Gasteiger partial charge in [-0.05, 0) is 30.5 Å².